The fraction of sp³-hybridized carbons (Fsp3) is 0.571. The maximum atomic E-state index is 13.4. The number of hydrogen-bond acceptors (Lipinski definition) is 1. The molecule has 1 aromatic rings. The third-order valence-corrected chi connectivity index (χ3v) is 4.37. The first kappa shape index (κ1) is 11.0. The van der Waals surface area contributed by atoms with Gasteiger partial charge in [0.25, 0.3) is 0 Å². The van der Waals surface area contributed by atoms with Crippen LogP contribution in [0, 0.1) is 29.4 Å². The molecule has 2 aliphatic rings. The summed E-state index contributed by atoms with van der Waals surface area (Å²) in [6.07, 6.45) is 5.35. The third-order valence-electron chi connectivity index (χ3n) is 4.37. The lowest BCUT2D eigenvalue weighted by Gasteiger charge is -2.22. The number of fused-ring (bicyclic) bond motifs is 2. The SMILES string of the molecule is Fc1ccc(NCC2CC3CCC2C3)c(F)c1. The molecule has 0 aromatic heterocycles. The summed E-state index contributed by atoms with van der Waals surface area (Å²) >= 11 is 0. The molecule has 3 atom stereocenters. The quantitative estimate of drug-likeness (QED) is 0.842. The molecule has 3 heteroatoms. The molecule has 0 saturated heterocycles. The number of halogens is 2. The molecule has 2 aliphatic carbocycles. The van der Waals surface area contributed by atoms with Gasteiger partial charge in [-0.2, -0.15) is 0 Å². The monoisotopic (exact) mass is 237 g/mol. The Kier molecular flexibility index (Phi) is 2.77. The van der Waals surface area contributed by atoms with E-state index in [2.05, 4.69) is 5.32 Å². The molecule has 3 unspecified atom stereocenters. The minimum Gasteiger partial charge on any atom is -0.382 e. The highest BCUT2D eigenvalue weighted by atomic mass is 19.1. The van der Waals surface area contributed by atoms with E-state index < -0.39 is 11.6 Å². The van der Waals surface area contributed by atoms with Crippen molar-refractivity contribution in [2.24, 2.45) is 17.8 Å². The second-order valence-corrected chi connectivity index (χ2v) is 5.44. The van der Waals surface area contributed by atoms with Gasteiger partial charge in [-0.25, -0.2) is 8.78 Å². The fourth-order valence-corrected chi connectivity index (χ4v) is 3.50. The van der Waals surface area contributed by atoms with E-state index in [9.17, 15) is 8.78 Å². The minimum absolute atomic E-state index is 0.425. The Balaban J connectivity index is 1.60. The van der Waals surface area contributed by atoms with E-state index in [1.807, 2.05) is 0 Å². The molecule has 0 spiro atoms. The van der Waals surface area contributed by atoms with Crippen LogP contribution in [0.3, 0.4) is 0 Å². The van der Waals surface area contributed by atoms with Gasteiger partial charge in [-0.05, 0) is 49.1 Å². The Morgan fingerprint density at radius 1 is 1.18 bits per heavy atom. The minimum atomic E-state index is -0.520. The fourth-order valence-electron chi connectivity index (χ4n) is 3.50. The van der Waals surface area contributed by atoms with Crippen LogP contribution in [0.1, 0.15) is 25.7 Å². The van der Waals surface area contributed by atoms with Crippen molar-refractivity contribution in [3.63, 3.8) is 0 Å². The van der Waals surface area contributed by atoms with Crippen molar-refractivity contribution in [1.29, 1.82) is 0 Å². The van der Waals surface area contributed by atoms with Crippen LogP contribution in [-0.2, 0) is 0 Å². The van der Waals surface area contributed by atoms with Gasteiger partial charge < -0.3 is 5.32 Å². The van der Waals surface area contributed by atoms with Gasteiger partial charge in [0, 0.05) is 12.6 Å². The van der Waals surface area contributed by atoms with Gasteiger partial charge in [-0.1, -0.05) is 6.42 Å². The van der Waals surface area contributed by atoms with Crippen LogP contribution in [-0.4, -0.2) is 6.54 Å². The maximum Gasteiger partial charge on any atom is 0.149 e. The summed E-state index contributed by atoms with van der Waals surface area (Å²) < 4.78 is 26.2. The zero-order chi connectivity index (χ0) is 11.8. The second-order valence-electron chi connectivity index (χ2n) is 5.44. The lowest BCUT2D eigenvalue weighted by molar-refractivity contribution is 0.348. The van der Waals surface area contributed by atoms with E-state index in [0.29, 0.717) is 11.6 Å². The van der Waals surface area contributed by atoms with Gasteiger partial charge in [0.1, 0.15) is 11.6 Å². The highest BCUT2D eigenvalue weighted by Crippen LogP contribution is 2.48. The summed E-state index contributed by atoms with van der Waals surface area (Å²) in [6.45, 7) is 0.823. The standard InChI is InChI=1S/C14H17F2N/c15-12-3-4-14(13(16)7-12)17-8-11-6-9-1-2-10(11)5-9/h3-4,7,9-11,17H,1-2,5-6,8H2. The van der Waals surface area contributed by atoms with Crippen LogP contribution in [0.2, 0.25) is 0 Å². The van der Waals surface area contributed by atoms with Crippen LogP contribution in [0.25, 0.3) is 0 Å². The van der Waals surface area contributed by atoms with Gasteiger partial charge in [0.05, 0.1) is 5.69 Å². The Bertz CT molecular complexity index is 419. The summed E-state index contributed by atoms with van der Waals surface area (Å²) in [7, 11) is 0. The van der Waals surface area contributed by atoms with Crippen molar-refractivity contribution >= 4 is 5.69 Å². The highest BCUT2D eigenvalue weighted by Gasteiger charge is 2.39. The largest absolute Gasteiger partial charge is 0.382 e. The molecular weight excluding hydrogens is 220 g/mol. The Labute approximate surface area is 100 Å². The van der Waals surface area contributed by atoms with Crippen LogP contribution in [0.15, 0.2) is 18.2 Å². The lowest BCUT2D eigenvalue weighted by atomic mass is 9.89. The van der Waals surface area contributed by atoms with Crippen LogP contribution in [0.4, 0.5) is 14.5 Å². The van der Waals surface area contributed by atoms with Gasteiger partial charge in [-0.3, -0.25) is 0 Å². The number of benzene rings is 1. The average Bonchev–Trinajstić information content (AvgIpc) is 2.89. The summed E-state index contributed by atoms with van der Waals surface area (Å²) in [4.78, 5) is 0. The van der Waals surface area contributed by atoms with Gasteiger partial charge in [-0.15, -0.1) is 0 Å². The number of hydrogen-bond donors (Lipinski definition) is 1. The molecule has 0 aliphatic heterocycles. The van der Waals surface area contributed by atoms with E-state index in [-0.39, 0.29) is 0 Å². The topological polar surface area (TPSA) is 12.0 Å². The zero-order valence-corrected chi connectivity index (χ0v) is 9.76. The molecule has 0 amide bonds. The van der Waals surface area contributed by atoms with E-state index in [4.69, 9.17) is 0 Å². The predicted molar refractivity (Wildman–Crippen MR) is 63.8 cm³/mol. The smallest absolute Gasteiger partial charge is 0.149 e. The van der Waals surface area contributed by atoms with Crippen molar-refractivity contribution in [2.75, 3.05) is 11.9 Å². The Morgan fingerprint density at radius 2 is 2.06 bits per heavy atom. The molecular formula is C14H17F2N. The van der Waals surface area contributed by atoms with E-state index in [1.165, 1.54) is 37.8 Å². The number of rotatable bonds is 3. The molecule has 1 aromatic carbocycles. The average molecular weight is 237 g/mol. The van der Waals surface area contributed by atoms with Crippen molar-refractivity contribution in [3.05, 3.63) is 29.8 Å². The summed E-state index contributed by atoms with van der Waals surface area (Å²) in [5.74, 6) is 1.40. The molecule has 1 N–H and O–H groups in total. The van der Waals surface area contributed by atoms with Gasteiger partial charge in [0.2, 0.25) is 0 Å². The summed E-state index contributed by atoms with van der Waals surface area (Å²) in [6, 6.07) is 3.72. The Hall–Kier alpha value is -1.12. The molecule has 2 fully saturated rings. The molecule has 0 radical (unpaired) electrons. The van der Waals surface area contributed by atoms with Crippen molar-refractivity contribution < 1.29 is 8.78 Å². The first-order valence-corrected chi connectivity index (χ1v) is 6.41. The van der Waals surface area contributed by atoms with E-state index in [1.54, 1.807) is 0 Å². The van der Waals surface area contributed by atoms with Crippen LogP contribution >= 0.6 is 0 Å². The molecule has 92 valence electrons. The van der Waals surface area contributed by atoms with Crippen molar-refractivity contribution in [3.8, 4) is 0 Å². The van der Waals surface area contributed by atoms with Crippen LogP contribution in [0.5, 0.6) is 0 Å². The van der Waals surface area contributed by atoms with Crippen LogP contribution < -0.4 is 5.32 Å². The molecule has 2 saturated carbocycles. The first-order chi connectivity index (χ1) is 8.22. The zero-order valence-electron chi connectivity index (χ0n) is 9.76. The molecule has 2 bridgehead atoms. The highest BCUT2D eigenvalue weighted by molar-refractivity contribution is 5.44. The predicted octanol–water partition coefficient (Wildman–Crippen LogP) is 3.81. The lowest BCUT2D eigenvalue weighted by Crippen LogP contribution is -2.20. The summed E-state index contributed by atoms with van der Waals surface area (Å²) in [5.41, 5.74) is 0.425. The normalized spacial score (nSPS) is 30.8. The van der Waals surface area contributed by atoms with E-state index in [0.717, 1.165) is 24.4 Å². The van der Waals surface area contributed by atoms with E-state index >= 15 is 0 Å². The molecule has 17 heavy (non-hydrogen) atoms. The second kappa shape index (κ2) is 4.28. The third kappa shape index (κ3) is 2.15. The van der Waals surface area contributed by atoms with Gasteiger partial charge >= 0.3 is 0 Å². The maximum absolute atomic E-state index is 13.4. The number of nitrogens with one attached hydrogen (secondary N) is 1. The van der Waals surface area contributed by atoms with Crippen molar-refractivity contribution in [1.82, 2.24) is 0 Å². The molecule has 0 heterocycles. The van der Waals surface area contributed by atoms with Crippen molar-refractivity contribution in [2.45, 2.75) is 25.7 Å². The molecule has 3 rings (SSSR count). The Morgan fingerprint density at radius 3 is 2.71 bits per heavy atom. The molecule has 1 nitrogen and oxygen atoms in total. The first-order valence-electron chi connectivity index (χ1n) is 6.41. The summed E-state index contributed by atoms with van der Waals surface area (Å²) in [5, 5.41) is 3.13. The number of anilines is 1. The van der Waals surface area contributed by atoms with Gasteiger partial charge in [0.15, 0.2) is 0 Å².